The first kappa shape index (κ1) is 13.0. The minimum Gasteiger partial charge on any atom is -0.378 e. The summed E-state index contributed by atoms with van der Waals surface area (Å²) in [6.45, 7) is 5.99. The van der Waals surface area contributed by atoms with Gasteiger partial charge < -0.3 is 10.1 Å². The fourth-order valence-electron chi connectivity index (χ4n) is 1.71. The average molecular weight is 254 g/mol. The summed E-state index contributed by atoms with van der Waals surface area (Å²) in [4.78, 5) is 6.07. The smallest absolute Gasteiger partial charge is 0.0963 e. The molecule has 17 heavy (non-hydrogen) atoms. The van der Waals surface area contributed by atoms with Gasteiger partial charge in [-0.3, -0.25) is 0 Å². The molecule has 0 radical (unpaired) electrons. The first-order chi connectivity index (χ1) is 8.24. The maximum Gasteiger partial charge on any atom is 0.0963 e. The third-order valence-electron chi connectivity index (χ3n) is 3.23. The normalized spacial score (nSPS) is 17.4. The van der Waals surface area contributed by atoms with Crippen LogP contribution in [0.4, 0.5) is 0 Å². The van der Waals surface area contributed by atoms with Crippen molar-refractivity contribution in [2.24, 2.45) is 0 Å². The summed E-state index contributed by atoms with van der Waals surface area (Å²) in [5.41, 5.74) is 1.13. The van der Waals surface area contributed by atoms with Gasteiger partial charge >= 0.3 is 0 Å². The number of ether oxygens (including phenoxy) is 1. The molecule has 0 aromatic carbocycles. The minimum absolute atomic E-state index is 0.567. The SMILES string of the molecule is CCC(C)NCc1sc(C2CC2)nc1COC. The van der Waals surface area contributed by atoms with E-state index >= 15 is 0 Å². The molecule has 0 spiro atoms. The minimum atomic E-state index is 0.567. The van der Waals surface area contributed by atoms with Gasteiger partial charge in [0.1, 0.15) is 0 Å². The van der Waals surface area contributed by atoms with Crippen molar-refractivity contribution in [2.45, 2.75) is 58.2 Å². The van der Waals surface area contributed by atoms with Gasteiger partial charge in [-0.2, -0.15) is 0 Å². The molecule has 1 fully saturated rings. The molecule has 0 bridgehead atoms. The lowest BCUT2D eigenvalue weighted by Gasteiger charge is -2.10. The standard InChI is InChI=1S/C13H22N2OS/c1-4-9(2)14-7-12-11(8-16-3)15-13(17-12)10-5-6-10/h9-10,14H,4-8H2,1-3H3. The molecule has 1 aliphatic rings. The van der Waals surface area contributed by atoms with Crippen molar-refractivity contribution in [3.8, 4) is 0 Å². The van der Waals surface area contributed by atoms with Crippen molar-refractivity contribution in [3.63, 3.8) is 0 Å². The zero-order valence-corrected chi connectivity index (χ0v) is 11.8. The molecule has 2 rings (SSSR count). The number of methoxy groups -OCH3 is 1. The molecule has 0 aliphatic heterocycles. The van der Waals surface area contributed by atoms with E-state index in [1.807, 2.05) is 11.3 Å². The molecule has 1 N–H and O–H groups in total. The van der Waals surface area contributed by atoms with E-state index in [1.54, 1.807) is 7.11 Å². The zero-order chi connectivity index (χ0) is 12.3. The molecule has 1 atom stereocenters. The van der Waals surface area contributed by atoms with Gasteiger partial charge in [0.2, 0.25) is 0 Å². The predicted octanol–water partition coefficient (Wildman–Crippen LogP) is 3.06. The summed E-state index contributed by atoms with van der Waals surface area (Å²) in [5.74, 6) is 0.743. The van der Waals surface area contributed by atoms with E-state index in [2.05, 4.69) is 19.2 Å². The van der Waals surface area contributed by atoms with Gasteiger partial charge in [0.05, 0.1) is 17.3 Å². The van der Waals surface area contributed by atoms with Crippen LogP contribution in [0.3, 0.4) is 0 Å². The van der Waals surface area contributed by atoms with Gasteiger partial charge in [0.25, 0.3) is 0 Å². The molecule has 4 heteroatoms. The number of nitrogens with zero attached hydrogens (tertiary/aromatic N) is 1. The number of hydrogen-bond donors (Lipinski definition) is 1. The van der Waals surface area contributed by atoms with Gasteiger partial charge in [-0.25, -0.2) is 4.98 Å². The number of aromatic nitrogens is 1. The maximum atomic E-state index is 5.23. The van der Waals surface area contributed by atoms with Gasteiger partial charge in [0, 0.05) is 30.5 Å². The fourth-order valence-corrected chi connectivity index (χ4v) is 2.90. The van der Waals surface area contributed by atoms with Gasteiger partial charge in [-0.1, -0.05) is 6.92 Å². The highest BCUT2D eigenvalue weighted by Gasteiger charge is 2.28. The quantitative estimate of drug-likeness (QED) is 0.812. The summed E-state index contributed by atoms with van der Waals surface area (Å²) >= 11 is 1.87. The molecule has 1 aromatic rings. The Balaban J connectivity index is 2.01. The fraction of sp³-hybridized carbons (Fsp3) is 0.769. The number of rotatable bonds is 7. The van der Waals surface area contributed by atoms with Gasteiger partial charge in [0.15, 0.2) is 0 Å². The van der Waals surface area contributed by atoms with Crippen LogP contribution in [-0.2, 0) is 17.9 Å². The Morgan fingerprint density at radius 3 is 2.88 bits per heavy atom. The Bertz CT molecular complexity index is 360. The molecule has 1 heterocycles. The second-order valence-electron chi connectivity index (χ2n) is 4.82. The Morgan fingerprint density at radius 1 is 1.53 bits per heavy atom. The van der Waals surface area contributed by atoms with E-state index in [0.29, 0.717) is 12.6 Å². The highest BCUT2D eigenvalue weighted by molar-refractivity contribution is 7.11. The molecule has 3 nitrogen and oxygen atoms in total. The van der Waals surface area contributed by atoms with Crippen LogP contribution in [0.15, 0.2) is 0 Å². The summed E-state index contributed by atoms with van der Waals surface area (Å²) in [5, 5.41) is 4.85. The highest BCUT2D eigenvalue weighted by Crippen LogP contribution is 2.42. The lowest BCUT2D eigenvalue weighted by molar-refractivity contribution is 0.181. The Morgan fingerprint density at radius 2 is 2.29 bits per heavy atom. The van der Waals surface area contributed by atoms with Crippen LogP contribution in [0.25, 0.3) is 0 Å². The Labute approximate surface area is 108 Å². The summed E-state index contributed by atoms with van der Waals surface area (Å²) in [6, 6.07) is 0.567. The average Bonchev–Trinajstić information content (AvgIpc) is 3.10. The van der Waals surface area contributed by atoms with E-state index in [0.717, 1.165) is 24.6 Å². The summed E-state index contributed by atoms with van der Waals surface area (Å²) in [6.07, 6.45) is 3.80. The van der Waals surface area contributed by atoms with Crippen molar-refractivity contribution < 1.29 is 4.74 Å². The van der Waals surface area contributed by atoms with Crippen molar-refractivity contribution in [3.05, 3.63) is 15.6 Å². The molecule has 0 amide bonds. The second kappa shape index (κ2) is 5.94. The van der Waals surface area contributed by atoms with Crippen LogP contribution < -0.4 is 5.32 Å². The number of thiazole rings is 1. The van der Waals surface area contributed by atoms with Crippen molar-refractivity contribution in [2.75, 3.05) is 7.11 Å². The Kier molecular flexibility index (Phi) is 4.54. The molecule has 1 unspecified atom stereocenters. The van der Waals surface area contributed by atoms with E-state index in [4.69, 9.17) is 9.72 Å². The van der Waals surface area contributed by atoms with Crippen LogP contribution in [0, 0.1) is 0 Å². The van der Waals surface area contributed by atoms with Crippen LogP contribution in [-0.4, -0.2) is 18.1 Å². The van der Waals surface area contributed by atoms with Crippen LogP contribution in [0.5, 0.6) is 0 Å². The van der Waals surface area contributed by atoms with Crippen molar-refractivity contribution in [1.29, 1.82) is 0 Å². The molecule has 96 valence electrons. The summed E-state index contributed by atoms with van der Waals surface area (Å²) < 4.78 is 5.23. The van der Waals surface area contributed by atoms with E-state index < -0.39 is 0 Å². The van der Waals surface area contributed by atoms with Gasteiger partial charge in [-0.15, -0.1) is 11.3 Å². The summed E-state index contributed by atoms with van der Waals surface area (Å²) in [7, 11) is 1.74. The lowest BCUT2D eigenvalue weighted by atomic mass is 10.2. The van der Waals surface area contributed by atoms with Crippen LogP contribution >= 0.6 is 11.3 Å². The predicted molar refractivity (Wildman–Crippen MR) is 71.4 cm³/mol. The zero-order valence-electron chi connectivity index (χ0n) is 11.0. The lowest BCUT2D eigenvalue weighted by Crippen LogP contribution is -2.24. The van der Waals surface area contributed by atoms with Crippen molar-refractivity contribution in [1.82, 2.24) is 10.3 Å². The van der Waals surface area contributed by atoms with Crippen LogP contribution in [0.1, 0.15) is 54.6 Å². The Hall–Kier alpha value is -0.450. The molecule has 0 saturated heterocycles. The molecular formula is C13H22N2OS. The monoisotopic (exact) mass is 254 g/mol. The van der Waals surface area contributed by atoms with E-state index in [9.17, 15) is 0 Å². The number of nitrogens with one attached hydrogen (secondary N) is 1. The molecular weight excluding hydrogens is 232 g/mol. The van der Waals surface area contributed by atoms with Crippen molar-refractivity contribution >= 4 is 11.3 Å². The third kappa shape index (κ3) is 3.50. The maximum absolute atomic E-state index is 5.23. The first-order valence-corrected chi connectivity index (χ1v) is 7.27. The topological polar surface area (TPSA) is 34.2 Å². The molecule has 1 aromatic heterocycles. The van der Waals surface area contributed by atoms with Crippen LogP contribution in [0.2, 0.25) is 0 Å². The molecule has 1 saturated carbocycles. The van der Waals surface area contributed by atoms with Gasteiger partial charge in [-0.05, 0) is 26.2 Å². The largest absolute Gasteiger partial charge is 0.378 e. The molecule has 1 aliphatic carbocycles. The second-order valence-corrected chi connectivity index (χ2v) is 5.93. The van der Waals surface area contributed by atoms with E-state index in [1.165, 1.54) is 22.7 Å². The van der Waals surface area contributed by atoms with E-state index in [-0.39, 0.29) is 0 Å². The third-order valence-corrected chi connectivity index (χ3v) is 4.49. The highest BCUT2D eigenvalue weighted by atomic mass is 32.1. The number of hydrogen-bond acceptors (Lipinski definition) is 4. The first-order valence-electron chi connectivity index (χ1n) is 6.45.